The Morgan fingerprint density at radius 1 is 1.28 bits per heavy atom. The van der Waals surface area contributed by atoms with Gasteiger partial charge in [0.2, 0.25) is 10.0 Å². The maximum atomic E-state index is 12.8. The average Bonchev–Trinajstić information content (AvgIpc) is 3.51. The first-order valence-corrected chi connectivity index (χ1v) is 11.9. The summed E-state index contributed by atoms with van der Waals surface area (Å²) < 4.78 is 29.9. The fourth-order valence-corrected chi connectivity index (χ4v) is 6.28. The second kappa shape index (κ2) is 6.12. The molecule has 0 saturated heterocycles. The molecule has 0 radical (unpaired) electrons. The van der Waals surface area contributed by atoms with Crippen molar-refractivity contribution in [3.8, 4) is 16.9 Å². The van der Waals surface area contributed by atoms with Crippen LogP contribution in [0.4, 0.5) is 0 Å². The summed E-state index contributed by atoms with van der Waals surface area (Å²) in [4.78, 5) is 4.34. The fraction of sp³-hybridized carbons (Fsp3) is 0.412. The summed E-state index contributed by atoms with van der Waals surface area (Å²) in [5.41, 5.74) is -0.597. The Labute approximate surface area is 180 Å². The number of aromatic nitrogens is 4. The van der Waals surface area contributed by atoms with E-state index in [9.17, 15) is 13.7 Å². The molecule has 8 nitrogen and oxygen atoms in total. The molecule has 0 atom stereocenters. The summed E-state index contributed by atoms with van der Waals surface area (Å²) >= 11 is 13.9. The molecule has 0 spiro atoms. The molecular formula is C17H14Cl2N6O2S2. The number of rotatable bonds is 5. The van der Waals surface area contributed by atoms with E-state index in [4.69, 9.17) is 23.2 Å². The van der Waals surface area contributed by atoms with Crippen molar-refractivity contribution in [2.75, 3.05) is 0 Å². The number of nitrogens with zero attached hydrogens (tertiary/aromatic N) is 5. The molecule has 3 aromatic rings. The van der Waals surface area contributed by atoms with Crippen LogP contribution >= 0.6 is 34.5 Å². The van der Waals surface area contributed by atoms with Gasteiger partial charge in [-0.25, -0.2) is 18.1 Å². The van der Waals surface area contributed by atoms with Crippen LogP contribution in [0.1, 0.15) is 37.6 Å². The predicted molar refractivity (Wildman–Crippen MR) is 109 cm³/mol. The third kappa shape index (κ3) is 3.12. The van der Waals surface area contributed by atoms with E-state index in [1.54, 1.807) is 0 Å². The molecule has 3 aromatic heterocycles. The maximum Gasteiger partial charge on any atom is 0.242 e. The van der Waals surface area contributed by atoms with E-state index in [1.807, 2.05) is 6.92 Å². The van der Waals surface area contributed by atoms with Crippen molar-refractivity contribution in [3.63, 3.8) is 0 Å². The number of fused-ring (bicyclic) bond motifs is 1. The van der Waals surface area contributed by atoms with Gasteiger partial charge in [-0.05, 0) is 38.7 Å². The molecule has 1 N–H and O–H groups in total. The Kier molecular flexibility index (Phi) is 4.05. The lowest BCUT2D eigenvalue weighted by Gasteiger charge is -2.13. The summed E-state index contributed by atoms with van der Waals surface area (Å²) in [5, 5.41) is 19.1. The molecule has 150 valence electrons. The van der Waals surface area contributed by atoms with Crippen molar-refractivity contribution in [1.29, 1.82) is 5.26 Å². The van der Waals surface area contributed by atoms with Crippen molar-refractivity contribution >= 4 is 50.1 Å². The quantitative estimate of drug-likeness (QED) is 0.612. The zero-order valence-electron chi connectivity index (χ0n) is 15.1. The number of hydrogen-bond acceptors (Lipinski definition) is 7. The number of nitriles is 1. The number of nitrogens with one attached hydrogen (secondary N) is 1. The van der Waals surface area contributed by atoms with E-state index >= 15 is 0 Å². The second-order valence-electron chi connectivity index (χ2n) is 7.74. The van der Waals surface area contributed by atoms with Crippen LogP contribution in [0.15, 0.2) is 17.2 Å². The Morgan fingerprint density at radius 3 is 2.62 bits per heavy atom. The number of halogens is 2. The fourth-order valence-electron chi connectivity index (χ4n) is 3.08. The first-order chi connectivity index (χ1) is 13.7. The molecule has 3 heterocycles. The van der Waals surface area contributed by atoms with Crippen LogP contribution in [0.5, 0.6) is 0 Å². The highest BCUT2D eigenvalue weighted by Gasteiger charge is 2.48. The Balaban J connectivity index is 1.64. The van der Waals surface area contributed by atoms with E-state index in [-0.39, 0.29) is 15.1 Å². The number of imidazole rings is 1. The van der Waals surface area contributed by atoms with Crippen LogP contribution in [0.2, 0.25) is 10.2 Å². The molecule has 0 aliphatic heterocycles. The van der Waals surface area contributed by atoms with E-state index in [0.29, 0.717) is 21.4 Å². The van der Waals surface area contributed by atoms with Gasteiger partial charge < -0.3 is 0 Å². The summed E-state index contributed by atoms with van der Waals surface area (Å²) in [5.74, 6) is 0.332. The van der Waals surface area contributed by atoms with Gasteiger partial charge in [-0.1, -0.05) is 34.5 Å². The lowest BCUT2D eigenvalue weighted by atomic mass is 10.1. The van der Waals surface area contributed by atoms with E-state index < -0.39 is 21.0 Å². The molecule has 2 aliphatic carbocycles. The molecule has 0 unspecified atom stereocenters. The van der Waals surface area contributed by atoms with E-state index in [1.165, 1.54) is 28.0 Å². The van der Waals surface area contributed by atoms with Crippen LogP contribution in [0, 0.1) is 11.3 Å². The van der Waals surface area contributed by atoms with Crippen LogP contribution < -0.4 is 4.72 Å². The summed E-state index contributed by atoms with van der Waals surface area (Å²) in [7, 11) is -3.77. The summed E-state index contributed by atoms with van der Waals surface area (Å²) in [6.07, 6.45) is 4.51. The van der Waals surface area contributed by atoms with Gasteiger partial charge in [-0.15, -0.1) is 10.2 Å². The normalized spacial score (nSPS) is 19.2. The Bertz CT molecular complexity index is 1320. The topological polar surface area (TPSA) is 113 Å². The van der Waals surface area contributed by atoms with E-state index in [2.05, 4.69) is 26.0 Å². The third-order valence-electron chi connectivity index (χ3n) is 5.30. The number of sulfonamides is 1. The minimum atomic E-state index is -3.77. The summed E-state index contributed by atoms with van der Waals surface area (Å²) in [6, 6.07) is 3.65. The second-order valence-corrected chi connectivity index (χ2v) is 11.2. The molecule has 29 heavy (non-hydrogen) atoms. The van der Waals surface area contributed by atoms with Crippen molar-refractivity contribution in [3.05, 3.63) is 27.4 Å². The molecule has 2 saturated carbocycles. The molecule has 0 amide bonds. The number of hydrogen-bond donors (Lipinski definition) is 1. The van der Waals surface area contributed by atoms with Gasteiger partial charge in [0.15, 0.2) is 16.0 Å². The van der Waals surface area contributed by atoms with Crippen molar-refractivity contribution in [2.45, 2.75) is 48.5 Å². The van der Waals surface area contributed by atoms with Gasteiger partial charge in [0.1, 0.15) is 20.8 Å². The van der Waals surface area contributed by atoms with Crippen LogP contribution in [0.3, 0.4) is 0 Å². The average molecular weight is 469 g/mol. The van der Waals surface area contributed by atoms with Gasteiger partial charge in [-0.2, -0.15) is 5.26 Å². The van der Waals surface area contributed by atoms with Crippen LogP contribution in [-0.2, 0) is 15.4 Å². The zero-order chi connectivity index (χ0) is 20.6. The lowest BCUT2D eigenvalue weighted by Crippen LogP contribution is -2.34. The Morgan fingerprint density at radius 2 is 2.00 bits per heavy atom. The lowest BCUT2D eigenvalue weighted by molar-refractivity contribution is 0.557. The molecule has 0 bridgehead atoms. The highest BCUT2D eigenvalue weighted by Crippen LogP contribution is 2.49. The SMILES string of the molecule is CC1(NS(=O)(=O)c2cc(Cl)c3c(Cl)nc(-c4nnc(C5(C#N)CC5)s4)n3c2)CC1. The van der Waals surface area contributed by atoms with Gasteiger partial charge >= 0.3 is 0 Å². The minimum absolute atomic E-state index is 0.0128. The zero-order valence-corrected chi connectivity index (χ0v) is 18.3. The Hall–Kier alpha value is -1.77. The highest BCUT2D eigenvalue weighted by atomic mass is 35.5. The minimum Gasteiger partial charge on any atom is -0.293 e. The highest BCUT2D eigenvalue weighted by molar-refractivity contribution is 7.89. The van der Waals surface area contributed by atoms with Gasteiger partial charge in [0.25, 0.3) is 0 Å². The molecular weight excluding hydrogens is 455 g/mol. The molecule has 5 rings (SSSR count). The molecule has 2 fully saturated rings. The van der Waals surface area contributed by atoms with Gasteiger partial charge in [-0.3, -0.25) is 4.40 Å². The van der Waals surface area contributed by atoms with Gasteiger partial charge in [0.05, 0.1) is 11.1 Å². The van der Waals surface area contributed by atoms with Crippen LogP contribution in [0.25, 0.3) is 16.3 Å². The molecule has 0 aromatic carbocycles. The first kappa shape index (κ1) is 19.2. The smallest absolute Gasteiger partial charge is 0.242 e. The largest absolute Gasteiger partial charge is 0.293 e. The standard InChI is InChI=1S/C17H14Cl2N6O2S2/c1-16(2-3-16)24-29(26,27)9-6-10(18)11-12(19)21-13(25(11)7-9)14-22-23-15(28-14)17(8-20)4-5-17/h6-7,24H,2-5H2,1H3. The monoisotopic (exact) mass is 468 g/mol. The van der Waals surface area contributed by atoms with Crippen molar-refractivity contribution in [2.24, 2.45) is 0 Å². The third-order valence-corrected chi connectivity index (χ3v) is 8.58. The number of pyridine rings is 1. The predicted octanol–water partition coefficient (Wildman–Crippen LogP) is 3.55. The first-order valence-electron chi connectivity index (χ1n) is 8.83. The van der Waals surface area contributed by atoms with Crippen LogP contribution in [-0.4, -0.2) is 33.5 Å². The molecule has 12 heteroatoms. The van der Waals surface area contributed by atoms with Gasteiger partial charge in [0, 0.05) is 11.7 Å². The molecule has 2 aliphatic rings. The summed E-state index contributed by atoms with van der Waals surface area (Å²) in [6.45, 7) is 1.86. The van der Waals surface area contributed by atoms with Crippen molar-refractivity contribution < 1.29 is 8.42 Å². The van der Waals surface area contributed by atoms with E-state index in [0.717, 1.165) is 25.7 Å². The maximum absolute atomic E-state index is 12.8. The van der Waals surface area contributed by atoms with Crippen molar-refractivity contribution in [1.82, 2.24) is 24.3 Å².